The molecule has 0 amide bonds. The minimum absolute atomic E-state index is 0.480. The molecule has 2 rings (SSSR count). The van der Waals surface area contributed by atoms with E-state index in [1.165, 1.54) is 4.72 Å². The molecular formula is C9H5F5N4O2S. The second-order valence-electron chi connectivity index (χ2n) is 3.70. The number of sulfonamides is 1. The third-order valence-corrected chi connectivity index (χ3v) is 3.75. The Morgan fingerprint density at radius 3 is 1.90 bits per heavy atom. The Bertz CT molecular complexity index is 791. The molecule has 0 aliphatic heterocycles. The molecule has 1 heterocycles. The SMILES string of the molecule is Nc1[nH]ncc1S(=O)(=O)Nc1c(F)c(F)c(F)c(F)c1F. The lowest BCUT2D eigenvalue weighted by Crippen LogP contribution is -2.18. The Morgan fingerprint density at radius 2 is 1.48 bits per heavy atom. The van der Waals surface area contributed by atoms with Crippen molar-refractivity contribution in [1.82, 2.24) is 10.2 Å². The first kappa shape index (κ1) is 15.0. The van der Waals surface area contributed by atoms with Crippen LogP contribution in [0.15, 0.2) is 11.1 Å². The van der Waals surface area contributed by atoms with E-state index in [1.807, 2.05) is 5.10 Å². The highest BCUT2D eigenvalue weighted by molar-refractivity contribution is 7.92. The molecule has 6 nitrogen and oxygen atoms in total. The average molecular weight is 328 g/mol. The van der Waals surface area contributed by atoms with Crippen molar-refractivity contribution in [2.24, 2.45) is 0 Å². The Labute approximate surface area is 113 Å². The zero-order valence-corrected chi connectivity index (χ0v) is 10.5. The highest BCUT2D eigenvalue weighted by Crippen LogP contribution is 2.29. The topological polar surface area (TPSA) is 101 Å². The first-order valence-corrected chi connectivity index (χ1v) is 6.48. The molecule has 0 spiro atoms. The number of H-pyrrole nitrogens is 1. The standard InChI is InChI=1S/C9H5F5N4O2S/c10-3-4(11)6(13)8(7(14)5(3)12)18-21(19,20)2-1-16-17-9(2)15/h1,18H,(H3,15,16,17). The van der Waals surface area contributed by atoms with Crippen LogP contribution in [0.3, 0.4) is 0 Å². The minimum atomic E-state index is -4.70. The fraction of sp³-hybridized carbons (Fsp3) is 0. The summed E-state index contributed by atoms with van der Waals surface area (Å²) in [5.41, 5.74) is 3.49. The van der Waals surface area contributed by atoms with Gasteiger partial charge in [0.15, 0.2) is 23.3 Å². The summed E-state index contributed by atoms with van der Waals surface area (Å²) in [6.07, 6.45) is 0.698. The van der Waals surface area contributed by atoms with Gasteiger partial charge in [0.1, 0.15) is 16.4 Å². The third-order valence-electron chi connectivity index (χ3n) is 2.37. The summed E-state index contributed by atoms with van der Waals surface area (Å²) in [7, 11) is -4.70. The zero-order chi connectivity index (χ0) is 15.9. The number of hydrogen-bond donors (Lipinski definition) is 3. The van der Waals surface area contributed by atoms with Gasteiger partial charge in [-0.05, 0) is 0 Å². The number of hydrogen-bond acceptors (Lipinski definition) is 4. The van der Waals surface area contributed by atoms with Gasteiger partial charge in [-0.25, -0.2) is 30.4 Å². The van der Waals surface area contributed by atoms with Crippen molar-refractivity contribution in [3.63, 3.8) is 0 Å². The van der Waals surface area contributed by atoms with E-state index >= 15 is 0 Å². The molecule has 4 N–H and O–H groups in total. The van der Waals surface area contributed by atoms with E-state index in [1.54, 1.807) is 0 Å². The summed E-state index contributed by atoms with van der Waals surface area (Å²) < 4.78 is 90.3. The summed E-state index contributed by atoms with van der Waals surface area (Å²) in [5.74, 6) is -12.1. The van der Waals surface area contributed by atoms with E-state index in [4.69, 9.17) is 5.73 Å². The number of rotatable bonds is 3. The van der Waals surface area contributed by atoms with Crippen molar-refractivity contribution in [2.45, 2.75) is 4.90 Å². The van der Waals surface area contributed by atoms with Crippen LogP contribution in [0.5, 0.6) is 0 Å². The number of nitrogens with one attached hydrogen (secondary N) is 2. The predicted molar refractivity (Wildman–Crippen MR) is 60.0 cm³/mol. The van der Waals surface area contributed by atoms with Gasteiger partial charge in [0, 0.05) is 0 Å². The number of benzene rings is 1. The van der Waals surface area contributed by atoms with Crippen molar-refractivity contribution in [3.05, 3.63) is 35.3 Å². The van der Waals surface area contributed by atoms with E-state index in [0.717, 1.165) is 0 Å². The molecule has 0 saturated carbocycles. The fourth-order valence-corrected chi connectivity index (χ4v) is 2.47. The maximum Gasteiger partial charge on any atom is 0.267 e. The second kappa shape index (κ2) is 4.87. The smallest absolute Gasteiger partial charge is 0.267 e. The predicted octanol–water partition coefficient (Wildman–Crippen LogP) is 1.49. The van der Waals surface area contributed by atoms with Gasteiger partial charge in [-0.15, -0.1) is 0 Å². The number of anilines is 2. The summed E-state index contributed by atoms with van der Waals surface area (Å²) >= 11 is 0. The normalized spacial score (nSPS) is 11.7. The van der Waals surface area contributed by atoms with Crippen LogP contribution in [-0.4, -0.2) is 18.6 Å². The highest BCUT2D eigenvalue weighted by atomic mass is 32.2. The summed E-state index contributed by atoms with van der Waals surface area (Å²) in [5, 5.41) is 5.29. The van der Waals surface area contributed by atoms with Crippen molar-refractivity contribution in [1.29, 1.82) is 0 Å². The number of aromatic amines is 1. The maximum absolute atomic E-state index is 13.4. The number of nitrogens with zero attached hydrogens (tertiary/aromatic N) is 1. The fourth-order valence-electron chi connectivity index (χ4n) is 1.38. The van der Waals surface area contributed by atoms with Gasteiger partial charge >= 0.3 is 0 Å². The van der Waals surface area contributed by atoms with Crippen LogP contribution in [0.4, 0.5) is 33.5 Å². The summed E-state index contributed by atoms with van der Waals surface area (Å²) in [6.45, 7) is 0. The Balaban J connectivity index is 2.58. The lowest BCUT2D eigenvalue weighted by molar-refractivity contribution is 0.382. The van der Waals surface area contributed by atoms with Crippen LogP contribution in [0.1, 0.15) is 0 Å². The molecule has 1 aromatic heterocycles. The van der Waals surface area contributed by atoms with Crippen LogP contribution in [0.2, 0.25) is 0 Å². The zero-order valence-electron chi connectivity index (χ0n) is 9.72. The molecule has 0 radical (unpaired) electrons. The van der Waals surface area contributed by atoms with Gasteiger partial charge in [-0.2, -0.15) is 5.10 Å². The van der Waals surface area contributed by atoms with Gasteiger partial charge in [0.05, 0.1) is 6.20 Å². The van der Waals surface area contributed by atoms with Crippen molar-refractivity contribution in [3.8, 4) is 0 Å². The van der Waals surface area contributed by atoms with E-state index < -0.39 is 55.5 Å². The Hall–Kier alpha value is -2.37. The van der Waals surface area contributed by atoms with Crippen LogP contribution < -0.4 is 10.5 Å². The number of halogens is 5. The molecule has 0 saturated heterocycles. The molecule has 2 aromatic rings. The van der Waals surface area contributed by atoms with Gasteiger partial charge in [-0.1, -0.05) is 0 Å². The van der Waals surface area contributed by atoms with E-state index in [9.17, 15) is 30.4 Å². The molecule has 12 heteroatoms. The Kier molecular flexibility index (Phi) is 3.49. The monoisotopic (exact) mass is 328 g/mol. The van der Waals surface area contributed by atoms with Crippen LogP contribution in [-0.2, 0) is 10.0 Å². The van der Waals surface area contributed by atoms with Gasteiger partial charge in [0.25, 0.3) is 10.0 Å². The molecular weight excluding hydrogens is 323 g/mol. The first-order valence-electron chi connectivity index (χ1n) is 5.00. The molecule has 1 aromatic carbocycles. The summed E-state index contributed by atoms with van der Waals surface area (Å²) in [4.78, 5) is -0.716. The second-order valence-corrected chi connectivity index (χ2v) is 5.35. The molecule has 21 heavy (non-hydrogen) atoms. The van der Waals surface area contributed by atoms with Crippen LogP contribution in [0.25, 0.3) is 0 Å². The lowest BCUT2D eigenvalue weighted by Gasteiger charge is -2.10. The third kappa shape index (κ3) is 2.37. The van der Waals surface area contributed by atoms with Crippen molar-refractivity contribution < 1.29 is 30.4 Å². The largest absolute Gasteiger partial charge is 0.383 e. The van der Waals surface area contributed by atoms with Gasteiger partial charge < -0.3 is 5.73 Å². The van der Waals surface area contributed by atoms with E-state index in [2.05, 4.69) is 5.10 Å². The molecule has 0 aliphatic carbocycles. The van der Waals surface area contributed by atoms with Gasteiger partial charge in [-0.3, -0.25) is 9.82 Å². The number of aromatic nitrogens is 2. The van der Waals surface area contributed by atoms with Crippen LogP contribution in [0, 0.1) is 29.1 Å². The highest BCUT2D eigenvalue weighted by Gasteiger charge is 2.30. The van der Waals surface area contributed by atoms with Crippen molar-refractivity contribution >= 4 is 21.5 Å². The maximum atomic E-state index is 13.4. The molecule has 0 bridgehead atoms. The van der Waals surface area contributed by atoms with Gasteiger partial charge in [0.2, 0.25) is 5.82 Å². The molecule has 0 aliphatic rings. The molecule has 0 fully saturated rings. The van der Waals surface area contributed by atoms with Crippen molar-refractivity contribution in [2.75, 3.05) is 10.5 Å². The summed E-state index contributed by atoms with van der Waals surface area (Å²) in [6, 6.07) is 0. The van der Waals surface area contributed by atoms with E-state index in [0.29, 0.717) is 6.20 Å². The van der Waals surface area contributed by atoms with E-state index in [-0.39, 0.29) is 0 Å². The Morgan fingerprint density at radius 1 is 1.00 bits per heavy atom. The number of nitrogens with two attached hydrogens (primary N) is 1. The molecule has 0 atom stereocenters. The van der Waals surface area contributed by atoms with Crippen LogP contribution >= 0.6 is 0 Å². The molecule has 114 valence electrons. The number of nitrogen functional groups attached to an aromatic ring is 1. The lowest BCUT2D eigenvalue weighted by atomic mass is 10.2. The first-order chi connectivity index (χ1) is 9.66. The quantitative estimate of drug-likeness (QED) is 0.451. The average Bonchev–Trinajstić information content (AvgIpc) is 2.86. The minimum Gasteiger partial charge on any atom is -0.383 e. The molecule has 0 unspecified atom stereocenters.